The molecule has 1 aliphatic heterocycles. The Morgan fingerprint density at radius 2 is 1.97 bits per heavy atom. The van der Waals surface area contributed by atoms with Crippen molar-refractivity contribution in [2.75, 3.05) is 19.0 Å². The lowest BCUT2D eigenvalue weighted by Gasteiger charge is -2.47. The van der Waals surface area contributed by atoms with Crippen molar-refractivity contribution in [1.29, 1.82) is 0 Å². The molecule has 2 fully saturated rings. The molecule has 7 nitrogen and oxygen atoms in total. The first-order valence-electron chi connectivity index (χ1n) is 11.1. The number of benzene rings is 1. The van der Waals surface area contributed by atoms with Crippen LogP contribution < -0.4 is 5.32 Å². The molecule has 1 aliphatic carbocycles. The lowest BCUT2D eigenvalue weighted by atomic mass is 9.62. The van der Waals surface area contributed by atoms with Gasteiger partial charge in [-0.1, -0.05) is 44.5 Å². The van der Waals surface area contributed by atoms with E-state index in [-0.39, 0.29) is 23.3 Å². The van der Waals surface area contributed by atoms with E-state index in [0.29, 0.717) is 28.4 Å². The minimum atomic E-state index is -0.692. The van der Waals surface area contributed by atoms with Crippen LogP contribution in [-0.4, -0.2) is 42.2 Å². The molecule has 3 amide bonds. The number of nitrogens with one attached hydrogen (secondary N) is 1. The van der Waals surface area contributed by atoms with Crippen molar-refractivity contribution in [3.05, 3.63) is 39.7 Å². The molecule has 2 unspecified atom stereocenters. The lowest BCUT2D eigenvalue weighted by Crippen LogP contribution is -2.60. The highest BCUT2D eigenvalue weighted by molar-refractivity contribution is 7.17. The summed E-state index contributed by atoms with van der Waals surface area (Å²) in [6, 6.07) is 7.06. The quantitative estimate of drug-likeness (QED) is 0.463. The van der Waals surface area contributed by atoms with Crippen molar-refractivity contribution >= 4 is 51.6 Å². The van der Waals surface area contributed by atoms with Crippen molar-refractivity contribution in [3.63, 3.8) is 0 Å². The van der Waals surface area contributed by atoms with Gasteiger partial charge in [-0.3, -0.25) is 19.3 Å². The van der Waals surface area contributed by atoms with Gasteiger partial charge in [-0.2, -0.15) is 0 Å². The first-order chi connectivity index (χ1) is 15.9. The summed E-state index contributed by atoms with van der Waals surface area (Å²) in [5, 5.41) is 3.56. The third-order valence-corrected chi connectivity index (χ3v) is 8.91. The fourth-order valence-electron chi connectivity index (χ4n) is 5.28. The van der Waals surface area contributed by atoms with E-state index in [9.17, 15) is 19.2 Å². The molecule has 0 radical (unpaired) electrons. The van der Waals surface area contributed by atoms with Gasteiger partial charge in [0.1, 0.15) is 17.1 Å². The van der Waals surface area contributed by atoms with Crippen LogP contribution in [0.25, 0.3) is 11.1 Å². The highest BCUT2D eigenvalue weighted by Gasteiger charge is 2.64. The maximum atomic E-state index is 13.3. The molecule has 180 valence electrons. The van der Waals surface area contributed by atoms with E-state index in [1.165, 1.54) is 18.4 Å². The van der Waals surface area contributed by atoms with E-state index in [4.69, 9.17) is 16.3 Å². The Morgan fingerprint density at radius 3 is 2.62 bits per heavy atom. The van der Waals surface area contributed by atoms with Gasteiger partial charge in [0.15, 0.2) is 0 Å². The number of amides is 3. The zero-order valence-corrected chi connectivity index (χ0v) is 21.4. The Kier molecular flexibility index (Phi) is 6.10. The smallest absolute Gasteiger partial charge is 0.341 e. The Hall–Kier alpha value is -2.71. The summed E-state index contributed by atoms with van der Waals surface area (Å²) >= 11 is 7.37. The van der Waals surface area contributed by atoms with Crippen LogP contribution in [0.3, 0.4) is 0 Å². The van der Waals surface area contributed by atoms with Gasteiger partial charge >= 0.3 is 5.97 Å². The van der Waals surface area contributed by atoms with Gasteiger partial charge in [0, 0.05) is 21.4 Å². The molecule has 4 rings (SSSR count). The van der Waals surface area contributed by atoms with Crippen LogP contribution in [0.4, 0.5) is 5.00 Å². The third kappa shape index (κ3) is 3.64. The molecule has 1 aromatic heterocycles. The van der Waals surface area contributed by atoms with Crippen LogP contribution >= 0.6 is 22.9 Å². The van der Waals surface area contributed by atoms with Gasteiger partial charge in [-0.05, 0) is 42.9 Å². The number of esters is 1. The predicted molar refractivity (Wildman–Crippen MR) is 131 cm³/mol. The number of halogens is 1. The first kappa shape index (κ1) is 24.4. The minimum absolute atomic E-state index is 0.213. The summed E-state index contributed by atoms with van der Waals surface area (Å²) in [5.74, 6) is -2.08. The summed E-state index contributed by atoms with van der Waals surface area (Å²) < 4.78 is 4.99. The molecule has 2 bridgehead atoms. The highest BCUT2D eigenvalue weighted by atomic mass is 35.5. The van der Waals surface area contributed by atoms with E-state index in [2.05, 4.69) is 5.32 Å². The molecule has 1 N–H and O–H groups in total. The summed E-state index contributed by atoms with van der Waals surface area (Å²) in [4.78, 5) is 53.9. The topological polar surface area (TPSA) is 92.8 Å². The molecule has 2 atom stereocenters. The van der Waals surface area contributed by atoms with E-state index in [1.54, 1.807) is 18.2 Å². The van der Waals surface area contributed by atoms with Crippen LogP contribution in [-0.2, 0) is 19.1 Å². The summed E-state index contributed by atoms with van der Waals surface area (Å²) in [6.07, 6.45) is 1.25. The van der Waals surface area contributed by atoms with Crippen LogP contribution in [0.15, 0.2) is 24.3 Å². The number of imide groups is 1. The maximum absolute atomic E-state index is 13.3. The SMILES string of the molecule is COC(=O)c1c(NC(=O)CN2C(=O)C3CCC(C)(C2=O)C3(C)C)sc(C)c1-c1cccc(Cl)c1. The number of rotatable bonds is 5. The van der Waals surface area contributed by atoms with Gasteiger partial charge in [0.05, 0.1) is 12.5 Å². The normalized spacial score (nSPS) is 23.2. The number of carbonyl (C=O) groups excluding carboxylic acids is 4. The lowest BCUT2D eigenvalue weighted by molar-refractivity contribution is -0.168. The Morgan fingerprint density at radius 1 is 1.26 bits per heavy atom. The second kappa shape index (κ2) is 8.50. The largest absolute Gasteiger partial charge is 0.465 e. The first-order valence-corrected chi connectivity index (χ1v) is 12.2. The Bertz CT molecular complexity index is 1220. The Labute approximate surface area is 207 Å². The average molecular weight is 503 g/mol. The molecular formula is C25H27ClN2O5S. The van der Waals surface area contributed by atoms with Crippen molar-refractivity contribution in [2.24, 2.45) is 16.7 Å². The van der Waals surface area contributed by atoms with Crippen molar-refractivity contribution in [3.8, 4) is 11.1 Å². The standard InChI is InChI=1S/C25H27ClN2O5S/c1-13-18(14-7-6-8-15(26)11-14)19(22(31)33-5)20(34-13)27-17(29)12-28-21(30)16-9-10-25(4,23(28)32)24(16,2)3/h6-8,11,16H,9-10,12H2,1-5H3,(H,27,29). The molecule has 9 heteroatoms. The third-order valence-electron chi connectivity index (χ3n) is 7.65. The average Bonchev–Trinajstić information content (AvgIpc) is 3.19. The predicted octanol–water partition coefficient (Wildman–Crippen LogP) is 4.91. The van der Waals surface area contributed by atoms with Crippen LogP contribution in [0.2, 0.25) is 5.02 Å². The number of nitrogens with zero attached hydrogens (tertiary/aromatic N) is 1. The van der Waals surface area contributed by atoms with Crippen molar-refractivity contribution < 1.29 is 23.9 Å². The molecule has 1 saturated carbocycles. The van der Waals surface area contributed by atoms with E-state index >= 15 is 0 Å². The highest BCUT2D eigenvalue weighted by Crippen LogP contribution is 2.60. The van der Waals surface area contributed by atoms with Gasteiger partial charge in [0.25, 0.3) is 0 Å². The summed E-state index contributed by atoms with van der Waals surface area (Å²) in [7, 11) is 1.27. The molecule has 34 heavy (non-hydrogen) atoms. The number of methoxy groups -OCH3 is 1. The fourth-order valence-corrected chi connectivity index (χ4v) is 6.55. The summed E-state index contributed by atoms with van der Waals surface area (Å²) in [6.45, 7) is 7.21. The monoisotopic (exact) mass is 502 g/mol. The second-order valence-corrected chi connectivity index (χ2v) is 11.3. The second-order valence-electron chi connectivity index (χ2n) is 9.66. The number of thiophene rings is 1. The molecule has 2 aromatic rings. The molecule has 2 heterocycles. The number of hydrogen-bond acceptors (Lipinski definition) is 6. The number of likely N-dealkylation sites (tertiary alicyclic amines) is 1. The van der Waals surface area contributed by atoms with Gasteiger partial charge in [-0.15, -0.1) is 11.3 Å². The number of fused-ring (bicyclic) bond motifs is 2. The number of piperidine rings is 1. The van der Waals surface area contributed by atoms with Crippen molar-refractivity contribution in [2.45, 2.75) is 40.5 Å². The molecule has 2 aliphatic rings. The van der Waals surface area contributed by atoms with Crippen LogP contribution in [0, 0.1) is 23.7 Å². The molecule has 0 spiro atoms. The zero-order chi connectivity index (χ0) is 25.0. The minimum Gasteiger partial charge on any atom is -0.465 e. The number of anilines is 1. The van der Waals surface area contributed by atoms with Crippen molar-refractivity contribution in [1.82, 2.24) is 4.90 Å². The van der Waals surface area contributed by atoms with E-state index < -0.39 is 29.3 Å². The van der Waals surface area contributed by atoms with Crippen LogP contribution in [0.1, 0.15) is 48.8 Å². The van der Waals surface area contributed by atoms with Gasteiger partial charge < -0.3 is 10.1 Å². The summed E-state index contributed by atoms with van der Waals surface area (Å²) in [5.41, 5.74) is 0.401. The number of carbonyl (C=O) groups is 4. The van der Waals surface area contributed by atoms with Gasteiger partial charge in [0.2, 0.25) is 17.7 Å². The van der Waals surface area contributed by atoms with Crippen LogP contribution in [0.5, 0.6) is 0 Å². The molecule has 1 aromatic carbocycles. The Balaban J connectivity index is 1.63. The fraction of sp³-hybridized carbons (Fsp3) is 0.440. The molecule has 1 saturated heterocycles. The zero-order valence-electron chi connectivity index (χ0n) is 19.8. The number of hydrogen-bond donors (Lipinski definition) is 1. The van der Waals surface area contributed by atoms with E-state index in [0.717, 1.165) is 15.3 Å². The number of ether oxygens (including phenoxy) is 1. The maximum Gasteiger partial charge on any atom is 0.341 e. The molecular weight excluding hydrogens is 476 g/mol. The number of aryl methyl sites for hydroxylation is 1. The van der Waals surface area contributed by atoms with Gasteiger partial charge in [-0.25, -0.2) is 4.79 Å². The van der Waals surface area contributed by atoms with E-state index in [1.807, 2.05) is 33.8 Å².